The van der Waals surface area contributed by atoms with Gasteiger partial charge in [-0.1, -0.05) is 36.4 Å². The van der Waals surface area contributed by atoms with Crippen molar-refractivity contribution in [3.05, 3.63) is 70.1 Å². The highest BCUT2D eigenvalue weighted by Gasteiger charge is 2.29. The second-order valence-corrected chi connectivity index (χ2v) is 5.73. The van der Waals surface area contributed by atoms with Gasteiger partial charge in [0.05, 0.1) is 6.04 Å². The van der Waals surface area contributed by atoms with Gasteiger partial charge in [0.2, 0.25) is 5.56 Å². The van der Waals surface area contributed by atoms with Gasteiger partial charge < -0.3 is 14.6 Å². The number of hydrogen-bond donors (Lipinski definition) is 1. The third kappa shape index (κ3) is 3.80. The normalized spacial score (nSPS) is 17.7. The van der Waals surface area contributed by atoms with Gasteiger partial charge in [0.25, 0.3) is 0 Å². The molecule has 1 amide bonds. The molecule has 3 rings (SSSR count). The second-order valence-electron chi connectivity index (χ2n) is 5.73. The molecule has 1 atom stereocenters. The number of nitrogens with zero attached hydrogens (tertiary/aromatic N) is 1. The van der Waals surface area contributed by atoms with Crippen LogP contribution in [0.15, 0.2) is 53.5 Å². The summed E-state index contributed by atoms with van der Waals surface area (Å²) in [6, 6.07) is 12.9. The zero-order valence-electron chi connectivity index (χ0n) is 12.9. The third-order valence-corrected chi connectivity index (χ3v) is 4.14. The average molecular weight is 312 g/mol. The number of ether oxygens (including phenoxy) is 1. The number of amides is 1. The van der Waals surface area contributed by atoms with Crippen LogP contribution < -0.4 is 5.56 Å². The number of benzene rings is 1. The highest BCUT2D eigenvalue weighted by atomic mass is 16.6. The Hall–Kier alpha value is -2.56. The smallest absolute Gasteiger partial charge is 0.410 e. The number of carbonyl (C=O) groups is 1. The molecule has 5 heteroatoms. The number of aromatic nitrogens is 1. The number of piperidine rings is 1. The summed E-state index contributed by atoms with van der Waals surface area (Å²) in [7, 11) is 0. The first kappa shape index (κ1) is 15.3. The molecule has 2 aromatic rings. The minimum atomic E-state index is -0.301. The van der Waals surface area contributed by atoms with Crippen molar-refractivity contribution < 1.29 is 9.53 Å². The van der Waals surface area contributed by atoms with E-state index in [4.69, 9.17) is 4.74 Å². The predicted molar refractivity (Wildman–Crippen MR) is 87.0 cm³/mol. The van der Waals surface area contributed by atoms with E-state index in [9.17, 15) is 9.59 Å². The Balaban J connectivity index is 1.69. The number of pyridine rings is 1. The first-order chi connectivity index (χ1) is 11.2. The second kappa shape index (κ2) is 7.13. The first-order valence-corrected chi connectivity index (χ1v) is 7.90. The SMILES string of the molecule is O=C(OCc1ccccc1)N1CCCC[C@@H]1c1ccc(=O)[nH]c1. The molecule has 120 valence electrons. The Labute approximate surface area is 134 Å². The highest BCUT2D eigenvalue weighted by Crippen LogP contribution is 2.30. The summed E-state index contributed by atoms with van der Waals surface area (Å²) in [6.07, 6.45) is 4.30. The molecule has 0 aliphatic carbocycles. The van der Waals surface area contributed by atoms with Crippen molar-refractivity contribution in [3.8, 4) is 0 Å². The van der Waals surface area contributed by atoms with Crippen LogP contribution in [-0.4, -0.2) is 22.5 Å². The van der Waals surface area contributed by atoms with Crippen molar-refractivity contribution in [1.29, 1.82) is 0 Å². The molecule has 1 saturated heterocycles. The lowest BCUT2D eigenvalue weighted by Gasteiger charge is -2.35. The van der Waals surface area contributed by atoms with Gasteiger partial charge in [-0.25, -0.2) is 4.79 Å². The molecule has 1 N–H and O–H groups in total. The molecule has 23 heavy (non-hydrogen) atoms. The maximum atomic E-state index is 12.5. The summed E-state index contributed by atoms with van der Waals surface area (Å²) >= 11 is 0. The number of hydrogen-bond acceptors (Lipinski definition) is 3. The fourth-order valence-electron chi connectivity index (χ4n) is 2.93. The number of nitrogens with one attached hydrogen (secondary N) is 1. The summed E-state index contributed by atoms with van der Waals surface area (Å²) in [5.74, 6) is 0. The maximum Gasteiger partial charge on any atom is 0.410 e. The van der Waals surface area contributed by atoms with Crippen LogP contribution in [0.5, 0.6) is 0 Å². The van der Waals surface area contributed by atoms with Crippen molar-refractivity contribution in [3.63, 3.8) is 0 Å². The minimum absolute atomic E-state index is 0.0381. The molecule has 1 aliphatic rings. The molecule has 0 unspecified atom stereocenters. The van der Waals surface area contributed by atoms with Gasteiger partial charge in [-0.3, -0.25) is 4.79 Å². The van der Waals surface area contributed by atoms with Crippen LogP contribution in [0, 0.1) is 0 Å². The van der Waals surface area contributed by atoms with Crippen LogP contribution in [0.2, 0.25) is 0 Å². The molecule has 0 spiro atoms. The Kier molecular flexibility index (Phi) is 4.76. The van der Waals surface area contributed by atoms with Crippen molar-refractivity contribution in [1.82, 2.24) is 9.88 Å². The van der Waals surface area contributed by atoms with E-state index in [0.717, 1.165) is 30.4 Å². The van der Waals surface area contributed by atoms with Crippen molar-refractivity contribution in [2.24, 2.45) is 0 Å². The van der Waals surface area contributed by atoms with Gasteiger partial charge in [0.1, 0.15) is 6.61 Å². The number of rotatable bonds is 3. The van der Waals surface area contributed by atoms with Gasteiger partial charge in [0.15, 0.2) is 0 Å². The Morgan fingerprint density at radius 3 is 2.74 bits per heavy atom. The Morgan fingerprint density at radius 1 is 1.17 bits per heavy atom. The Morgan fingerprint density at radius 2 is 2.00 bits per heavy atom. The van der Waals surface area contributed by atoms with E-state index in [1.807, 2.05) is 30.3 Å². The van der Waals surface area contributed by atoms with Gasteiger partial charge in [-0.05, 0) is 30.4 Å². The molecule has 1 aromatic heterocycles. The van der Waals surface area contributed by atoms with Crippen molar-refractivity contribution >= 4 is 6.09 Å². The molecule has 0 radical (unpaired) electrons. The lowest BCUT2D eigenvalue weighted by atomic mass is 9.97. The maximum absolute atomic E-state index is 12.5. The van der Waals surface area contributed by atoms with Crippen molar-refractivity contribution in [2.75, 3.05) is 6.54 Å². The molecule has 0 saturated carbocycles. The molecule has 5 nitrogen and oxygen atoms in total. The largest absolute Gasteiger partial charge is 0.445 e. The van der Waals surface area contributed by atoms with Crippen LogP contribution in [0.3, 0.4) is 0 Å². The summed E-state index contributed by atoms with van der Waals surface area (Å²) in [5, 5.41) is 0. The molecular weight excluding hydrogens is 292 g/mol. The topological polar surface area (TPSA) is 62.4 Å². The zero-order chi connectivity index (χ0) is 16.1. The lowest BCUT2D eigenvalue weighted by molar-refractivity contribution is 0.0678. The molecular formula is C18H20N2O3. The summed E-state index contributed by atoms with van der Waals surface area (Å²) < 4.78 is 5.46. The third-order valence-electron chi connectivity index (χ3n) is 4.14. The molecule has 2 heterocycles. The number of carbonyl (C=O) groups excluding carboxylic acids is 1. The first-order valence-electron chi connectivity index (χ1n) is 7.90. The fourth-order valence-corrected chi connectivity index (χ4v) is 2.93. The quantitative estimate of drug-likeness (QED) is 0.946. The van der Waals surface area contributed by atoms with E-state index < -0.39 is 0 Å². The highest BCUT2D eigenvalue weighted by molar-refractivity contribution is 5.68. The van der Waals surface area contributed by atoms with Gasteiger partial charge in [0, 0.05) is 18.8 Å². The molecule has 1 aromatic carbocycles. The van der Waals surface area contributed by atoms with E-state index in [1.165, 1.54) is 6.07 Å². The van der Waals surface area contributed by atoms with Crippen LogP contribution >= 0.6 is 0 Å². The van der Waals surface area contributed by atoms with Crippen LogP contribution in [0.25, 0.3) is 0 Å². The number of aromatic amines is 1. The van der Waals surface area contributed by atoms with Crippen LogP contribution in [0.1, 0.15) is 36.4 Å². The predicted octanol–water partition coefficient (Wildman–Crippen LogP) is 3.24. The average Bonchev–Trinajstić information content (AvgIpc) is 2.61. The summed E-state index contributed by atoms with van der Waals surface area (Å²) in [6.45, 7) is 0.950. The van der Waals surface area contributed by atoms with Gasteiger partial charge in [-0.15, -0.1) is 0 Å². The molecule has 1 fully saturated rings. The van der Waals surface area contributed by atoms with Gasteiger partial charge in [-0.2, -0.15) is 0 Å². The molecule has 0 bridgehead atoms. The van der Waals surface area contributed by atoms with E-state index >= 15 is 0 Å². The summed E-state index contributed by atoms with van der Waals surface area (Å²) in [5.41, 5.74) is 1.78. The van der Waals surface area contributed by atoms with Gasteiger partial charge >= 0.3 is 6.09 Å². The van der Waals surface area contributed by atoms with E-state index in [-0.39, 0.29) is 24.3 Å². The van der Waals surface area contributed by atoms with Crippen LogP contribution in [0.4, 0.5) is 4.79 Å². The zero-order valence-corrected chi connectivity index (χ0v) is 12.9. The summed E-state index contributed by atoms with van der Waals surface area (Å²) in [4.78, 5) is 28.1. The minimum Gasteiger partial charge on any atom is -0.445 e. The number of likely N-dealkylation sites (tertiary alicyclic amines) is 1. The lowest BCUT2D eigenvalue weighted by Crippen LogP contribution is -2.39. The monoisotopic (exact) mass is 312 g/mol. The van der Waals surface area contributed by atoms with E-state index in [2.05, 4.69) is 4.98 Å². The number of H-pyrrole nitrogens is 1. The molecule has 1 aliphatic heterocycles. The Bertz CT molecular complexity index is 691. The fraction of sp³-hybridized carbons (Fsp3) is 0.333. The van der Waals surface area contributed by atoms with Crippen LogP contribution in [-0.2, 0) is 11.3 Å². The van der Waals surface area contributed by atoms with Crippen molar-refractivity contribution in [2.45, 2.75) is 31.9 Å². The van der Waals surface area contributed by atoms with E-state index in [1.54, 1.807) is 17.2 Å². The standard InChI is InChI=1S/C18H20N2O3/c21-17-10-9-15(12-19-17)16-8-4-5-11-20(16)18(22)23-13-14-6-2-1-3-7-14/h1-3,6-7,9-10,12,16H,4-5,8,11,13H2,(H,19,21)/t16-/m1/s1. The van der Waals surface area contributed by atoms with E-state index in [0.29, 0.717) is 6.54 Å².